The van der Waals surface area contributed by atoms with Gasteiger partial charge in [0.05, 0.1) is 10.7 Å². The summed E-state index contributed by atoms with van der Waals surface area (Å²) in [7, 11) is 0. The van der Waals surface area contributed by atoms with Crippen LogP contribution in [0.5, 0.6) is 0 Å². The third-order valence-corrected chi connectivity index (χ3v) is 6.26. The van der Waals surface area contributed by atoms with Crippen LogP contribution in [0.25, 0.3) is 0 Å². The van der Waals surface area contributed by atoms with Gasteiger partial charge in [0.1, 0.15) is 0 Å². The summed E-state index contributed by atoms with van der Waals surface area (Å²) >= 11 is 6.32. The van der Waals surface area contributed by atoms with Gasteiger partial charge in [-0.2, -0.15) is 0 Å². The highest BCUT2D eigenvalue weighted by atomic mass is 35.5. The lowest BCUT2D eigenvalue weighted by molar-refractivity contribution is 0.182. The van der Waals surface area contributed by atoms with Crippen molar-refractivity contribution >= 4 is 17.3 Å². The minimum atomic E-state index is 0.888. The van der Waals surface area contributed by atoms with E-state index >= 15 is 0 Å². The van der Waals surface area contributed by atoms with Gasteiger partial charge in [-0.15, -0.1) is 0 Å². The average Bonchev–Trinajstić information content (AvgIpc) is 3.11. The Morgan fingerprint density at radius 3 is 2.48 bits per heavy atom. The van der Waals surface area contributed by atoms with Crippen LogP contribution < -0.4 is 4.90 Å². The van der Waals surface area contributed by atoms with E-state index in [1.54, 1.807) is 0 Å². The number of rotatable bonds is 3. The zero-order chi connectivity index (χ0) is 14.2. The van der Waals surface area contributed by atoms with Gasteiger partial charge in [-0.3, -0.25) is 4.90 Å². The molecule has 3 atom stereocenters. The lowest BCUT2D eigenvalue weighted by Crippen LogP contribution is -2.48. The molecule has 1 heterocycles. The molecule has 0 spiro atoms. The molecule has 1 aromatic carbocycles. The molecule has 1 saturated heterocycles. The van der Waals surface area contributed by atoms with Gasteiger partial charge in [-0.1, -0.05) is 30.2 Å². The molecule has 0 unspecified atom stereocenters. The molecule has 0 aromatic heterocycles. The van der Waals surface area contributed by atoms with Crippen LogP contribution in [-0.4, -0.2) is 37.6 Å². The number of nitrogens with zero attached hydrogens (tertiary/aromatic N) is 2. The average molecular weight is 305 g/mol. The molecule has 1 aromatic rings. The van der Waals surface area contributed by atoms with Gasteiger partial charge >= 0.3 is 0 Å². The highest BCUT2D eigenvalue weighted by Crippen LogP contribution is 2.48. The molecule has 3 fully saturated rings. The van der Waals surface area contributed by atoms with E-state index < -0.39 is 0 Å². The minimum absolute atomic E-state index is 0.888. The third-order valence-electron chi connectivity index (χ3n) is 5.94. The molecular weight excluding hydrogens is 280 g/mol. The van der Waals surface area contributed by atoms with Crippen LogP contribution in [0.3, 0.4) is 0 Å². The van der Waals surface area contributed by atoms with Crippen molar-refractivity contribution < 1.29 is 0 Å². The van der Waals surface area contributed by atoms with E-state index in [1.807, 2.05) is 12.1 Å². The smallest absolute Gasteiger partial charge is 0.0639 e. The number of anilines is 1. The van der Waals surface area contributed by atoms with Crippen LogP contribution in [0.1, 0.15) is 25.7 Å². The summed E-state index contributed by atoms with van der Waals surface area (Å²) in [6.07, 6.45) is 6.07. The number of piperazine rings is 1. The van der Waals surface area contributed by atoms with Crippen LogP contribution in [0.4, 0.5) is 5.69 Å². The van der Waals surface area contributed by atoms with E-state index in [0.717, 1.165) is 35.9 Å². The second kappa shape index (κ2) is 5.81. The summed E-state index contributed by atoms with van der Waals surface area (Å²) in [6.45, 7) is 5.96. The molecule has 0 radical (unpaired) electrons. The molecule has 3 heteroatoms. The molecule has 2 saturated carbocycles. The molecule has 114 valence electrons. The third kappa shape index (κ3) is 2.80. The Balaban J connectivity index is 1.32. The first-order valence-corrected chi connectivity index (χ1v) is 8.89. The maximum atomic E-state index is 6.32. The number of fused-ring (bicyclic) bond motifs is 2. The summed E-state index contributed by atoms with van der Waals surface area (Å²) in [4.78, 5) is 5.14. The Labute approximate surface area is 133 Å². The lowest BCUT2D eigenvalue weighted by atomic mass is 9.88. The first kappa shape index (κ1) is 13.9. The molecule has 2 aliphatic carbocycles. The fraction of sp³-hybridized carbons (Fsp3) is 0.667. The molecule has 0 N–H and O–H groups in total. The minimum Gasteiger partial charge on any atom is -0.368 e. The first-order valence-electron chi connectivity index (χ1n) is 8.51. The van der Waals surface area contributed by atoms with Crippen LogP contribution in [0, 0.1) is 17.8 Å². The molecule has 2 nitrogen and oxygen atoms in total. The van der Waals surface area contributed by atoms with Crippen molar-refractivity contribution in [3.63, 3.8) is 0 Å². The van der Waals surface area contributed by atoms with Crippen LogP contribution in [0.2, 0.25) is 5.02 Å². The molecule has 3 aliphatic rings. The maximum Gasteiger partial charge on any atom is 0.0639 e. The van der Waals surface area contributed by atoms with E-state index in [4.69, 9.17) is 11.6 Å². The van der Waals surface area contributed by atoms with Gasteiger partial charge in [0, 0.05) is 32.7 Å². The van der Waals surface area contributed by atoms with E-state index in [9.17, 15) is 0 Å². The van der Waals surface area contributed by atoms with Crippen molar-refractivity contribution in [2.24, 2.45) is 17.8 Å². The Hall–Kier alpha value is -0.730. The van der Waals surface area contributed by atoms with Crippen molar-refractivity contribution in [3.05, 3.63) is 29.3 Å². The fourth-order valence-electron chi connectivity index (χ4n) is 4.81. The number of hydrogen-bond acceptors (Lipinski definition) is 2. The predicted octanol–water partition coefficient (Wildman–Crippen LogP) is 3.90. The zero-order valence-electron chi connectivity index (χ0n) is 12.7. The summed E-state index contributed by atoms with van der Waals surface area (Å²) in [5.74, 6) is 3.12. The van der Waals surface area contributed by atoms with Crippen LogP contribution in [0.15, 0.2) is 24.3 Å². The second-order valence-corrected chi connectivity index (χ2v) is 7.58. The molecule has 4 rings (SSSR count). The largest absolute Gasteiger partial charge is 0.368 e. The maximum absolute atomic E-state index is 6.32. The first-order chi connectivity index (χ1) is 10.3. The number of benzene rings is 1. The molecule has 0 amide bonds. The highest BCUT2D eigenvalue weighted by Gasteiger charge is 2.40. The van der Waals surface area contributed by atoms with E-state index in [2.05, 4.69) is 21.9 Å². The van der Waals surface area contributed by atoms with Gasteiger partial charge in [-0.25, -0.2) is 0 Å². The Bertz CT molecular complexity index is 496. The lowest BCUT2D eigenvalue weighted by Gasteiger charge is -2.38. The van der Waals surface area contributed by atoms with E-state index in [-0.39, 0.29) is 0 Å². The van der Waals surface area contributed by atoms with Gasteiger partial charge in [-0.05, 0) is 49.1 Å². The number of para-hydroxylation sites is 1. The van der Waals surface area contributed by atoms with Gasteiger partial charge in [0.25, 0.3) is 0 Å². The topological polar surface area (TPSA) is 6.48 Å². The second-order valence-electron chi connectivity index (χ2n) is 7.17. The standard InChI is InChI=1S/C18H25ClN2/c19-17-3-1-2-4-18(17)21-9-7-20(8-10-21)13-16-12-14-5-6-15(16)11-14/h1-4,14-16H,5-13H2/t14-,15-,16+/m0/s1. The van der Waals surface area contributed by atoms with Crippen molar-refractivity contribution in [2.45, 2.75) is 25.7 Å². The highest BCUT2D eigenvalue weighted by molar-refractivity contribution is 6.33. The zero-order valence-corrected chi connectivity index (χ0v) is 13.4. The SMILES string of the molecule is Clc1ccccc1N1CCN(C[C@H]2C[C@H]3CC[C@H]2C3)CC1. The van der Waals surface area contributed by atoms with Crippen LogP contribution >= 0.6 is 11.6 Å². The monoisotopic (exact) mass is 304 g/mol. The summed E-state index contributed by atoms with van der Waals surface area (Å²) in [6, 6.07) is 8.24. The van der Waals surface area contributed by atoms with Crippen molar-refractivity contribution in [3.8, 4) is 0 Å². The Morgan fingerprint density at radius 2 is 1.81 bits per heavy atom. The molecule has 1 aliphatic heterocycles. The normalized spacial score (nSPS) is 32.8. The molecule has 2 bridgehead atoms. The van der Waals surface area contributed by atoms with E-state index in [1.165, 1.54) is 51.0 Å². The van der Waals surface area contributed by atoms with Crippen molar-refractivity contribution in [2.75, 3.05) is 37.6 Å². The van der Waals surface area contributed by atoms with Gasteiger partial charge in [0.2, 0.25) is 0 Å². The van der Waals surface area contributed by atoms with Gasteiger partial charge in [0.15, 0.2) is 0 Å². The van der Waals surface area contributed by atoms with Crippen molar-refractivity contribution in [1.82, 2.24) is 4.90 Å². The summed E-state index contributed by atoms with van der Waals surface area (Å²) in [5.41, 5.74) is 1.21. The predicted molar refractivity (Wildman–Crippen MR) is 89.0 cm³/mol. The van der Waals surface area contributed by atoms with Crippen LogP contribution in [-0.2, 0) is 0 Å². The number of halogens is 1. The van der Waals surface area contributed by atoms with Crippen molar-refractivity contribution in [1.29, 1.82) is 0 Å². The van der Waals surface area contributed by atoms with Gasteiger partial charge < -0.3 is 4.90 Å². The molecular formula is C18H25ClN2. The quantitative estimate of drug-likeness (QED) is 0.835. The summed E-state index contributed by atoms with van der Waals surface area (Å²) in [5, 5.41) is 0.888. The Morgan fingerprint density at radius 1 is 1.00 bits per heavy atom. The number of hydrogen-bond donors (Lipinski definition) is 0. The fourth-order valence-corrected chi connectivity index (χ4v) is 5.07. The molecule has 21 heavy (non-hydrogen) atoms. The Kier molecular flexibility index (Phi) is 3.85. The summed E-state index contributed by atoms with van der Waals surface area (Å²) < 4.78 is 0. The van der Waals surface area contributed by atoms with E-state index in [0.29, 0.717) is 0 Å².